The van der Waals surface area contributed by atoms with Crippen LogP contribution in [0.1, 0.15) is 5.56 Å². The van der Waals surface area contributed by atoms with Crippen molar-refractivity contribution >= 4 is 62.3 Å². The summed E-state index contributed by atoms with van der Waals surface area (Å²) in [6.45, 7) is 2.52. The van der Waals surface area contributed by atoms with Crippen LogP contribution in [-0.4, -0.2) is 54.3 Å². The van der Waals surface area contributed by atoms with Gasteiger partial charge in [0.1, 0.15) is 5.70 Å². The van der Waals surface area contributed by atoms with Crippen LogP contribution < -0.4 is 19.8 Å². The van der Waals surface area contributed by atoms with Gasteiger partial charge in [0.05, 0.1) is 36.8 Å². The summed E-state index contributed by atoms with van der Waals surface area (Å²) < 4.78 is 11.4. The Morgan fingerprint density at radius 2 is 2.00 bits per heavy atom. The van der Waals surface area contributed by atoms with Gasteiger partial charge >= 0.3 is 5.88 Å². The number of carbonyl (C=O) groups excluding carboxylic acids is 1. The number of aromatic nitrogens is 2. The van der Waals surface area contributed by atoms with Crippen molar-refractivity contribution in [1.29, 1.82) is 0 Å². The number of amidine groups is 1. The highest BCUT2D eigenvalue weighted by atomic mass is 79.9. The van der Waals surface area contributed by atoms with E-state index in [2.05, 4.69) is 31.2 Å². The van der Waals surface area contributed by atoms with Gasteiger partial charge in [-0.1, -0.05) is 58.0 Å². The minimum absolute atomic E-state index is 0.0299. The van der Waals surface area contributed by atoms with E-state index in [1.807, 2.05) is 59.6 Å². The molecule has 1 aromatic heterocycles. The van der Waals surface area contributed by atoms with E-state index in [0.29, 0.717) is 37.2 Å². The number of hydrogen-bond acceptors (Lipinski definition) is 9. The summed E-state index contributed by atoms with van der Waals surface area (Å²) in [7, 11) is 0. The summed E-state index contributed by atoms with van der Waals surface area (Å²) in [6, 6.07) is 16.8. The monoisotopic (exact) mass is 568 g/mol. The number of benzene rings is 2. The number of nitrogens with zero attached hydrogens (tertiary/aromatic N) is 6. The second kappa shape index (κ2) is 11.1. The average molecular weight is 569 g/mol. The van der Waals surface area contributed by atoms with Crippen LogP contribution in [0, 0.1) is 0 Å². The van der Waals surface area contributed by atoms with E-state index in [1.54, 1.807) is 12.3 Å². The van der Waals surface area contributed by atoms with Gasteiger partial charge in [0, 0.05) is 10.2 Å². The van der Waals surface area contributed by atoms with E-state index in [4.69, 9.17) is 9.26 Å². The van der Waals surface area contributed by atoms with Crippen molar-refractivity contribution in [3.05, 3.63) is 76.5 Å². The molecule has 0 aliphatic carbocycles. The van der Waals surface area contributed by atoms with Gasteiger partial charge in [0.2, 0.25) is 5.27 Å². The maximum atomic E-state index is 13.3. The first-order valence-electron chi connectivity index (χ1n) is 11.1. The molecular weight excluding hydrogens is 548 g/mol. The lowest BCUT2D eigenvalue weighted by atomic mass is 10.2. The van der Waals surface area contributed by atoms with Crippen LogP contribution in [-0.2, 0) is 9.53 Å². The van der Waals surface area contributed by atoms with Crippen molar-refractivity contribution in [2.45, 2.75) is 0 Å². The Morgan fingerprint density at radius 1 is 1.19 bits per heavy atom. The molecule has 12 heteroatoms. The van der Waals surface area contributed by atoms with Gasteiger partial charge in [0.15, 0.2) is 5.17 Å². The van der Waals surface area contributed by atoms with Crippen molar-refractivity contribution in [3.8, 4) is 0 Å². The summed E-state index contributed by atoms with van der Waals surface area (Å²) in [4.78, 5) is 24.8. The van der Waals surface area contributed by atoms with Crippen molar-refractivity contribution in [3.63, 3.8) is 0 Å². The van der Waals surface area contributed by atoms with Crippen LogP contribution in [0.3, 0.4) is 0 Å². The molecule has 36 heavy (non-hydrogen) atoms. The van der Waals surface area contributed by atoms with Gasteiger partial charge in [-0.3, -0.25) is 14.2 Å². The number of rotatable bonds is 6. The van der Waals surface area contributed by atoms with Gasteiger partial charge in [-0.25, -0.2) is 9.98 Å². The Bertz CT molecular complexity index is 1340. The molecule has 2 aliphatic rings. The predicted molar refractivity (Wildman–Crippen MR) is 139 cm³/mol. The number of ether oxygens (including phenoxy) is 1. The van der Waals surface area contributed by atoms with Crippen LogP contribution in [0.15, 0.2) is 85.5 Å². The van der Waals surface area contributed by atoms with Crippen LogP contribution in [0.5, 0.6) is 0 Å². The van der Waals surface area contributed by atoms with Gasteiger partial charge in [0.25, 0.3) is 12.1 Å². The predicted octanol–water partition coefficient (Wildman–Crippen LogP) is 2.26. The highest BCUT2D eigenvalue weighted by Gasteiger charge is 2.32. The SMILES string of the molecule is O=C1/C(=C\c2cccc(Br)c2)N=C(SC/C([O-])=N\c2c[n+](N3CCOCC3)no2)N1c1ccccc1. The zero-order valence-corrected chi connectivity index (χ0v) is 21.4. The van der Waals surface area contributed by atoms with Gasteiger partial charge in [-0.15, -0.1) is 5.01 Å². The third-order valence-corrected chi connectivity index (χ3v) is 6.69. The van der Waals surface area contributed by atoms with Crippen LogP contribution in [0.4, 0.5) is 11.6 Å². The molecule has 0 unspecified atom stereocenters. The summed E-state index contributed by atoms with van der Waals surface area (Å²) in [6.07, 6.45) is 3.28. The van der Waals surface area contributed by atoms with E-state index in [9.17, 15) is 9.90 Å². The van der Waals surface area contributed by atoms with Crippen LogP contribution in [0.2, 0.25) is 0 Å². The lowest BCUT2D eigenvalue weighted by Gasteiger charge is -2.18. The number of carbonyl (C=O) groups is 1. The smallest absolute Gasteiger partial charge is 0.324 e. The molecule has 1 saturated heterocycles. The standard InChI is InChI=1S/C24H21BrN6O4S/c25-18-6-4-5-17(13-18)14-20-23(33)31(19-7-2-1-3-8-19)24(26-20)36-16-21(32)27-22-15-30(28-35-22)29-9-11-34-12-10-29/h1-8,13-15H,9-12,16H2/b20-14+. The Balaban J connectivity index is 1.34. The minimum Gasteiger partial charge on any atom is -0.861 e. The number of anilines is 1. The molecule has 1 amide bonds. The van der Waals surface area contributed by atoms with E-state index < -0.39 is 5.90 Å². The third kappa shape index (κ3) is 5.66. The molecule has 0 atom stereocenters. The van der Waals surface area contributed by atoms with Crippen molar-refractivity contribution < 1.29 is 24.0 Å². The van der Waals surface area contributed by atoms with E-state index >= 15 is 0 Å². The molecule has 0 saturated carbocycles. The molecule has 5 rings (SSSR count). The molecule has 10 nitrogen and oxygen atoms in total. The Hall–Kier alpha value is -3.48. The zero-order chi connectivity index (χ0) is 24.9. The molecule has 0 spiro atoms. The number of amides is 1. The first kappa shape index (κ1) is 24.2. The number of morpholine rings is 1. The molecule has 0 bridgehead atoms. The average Bonchev–Trinajstić information content (AvgIpc) is 3.48. The first-order valence-corrected chi connectivity index (χ1v) is 12.9. The Kier molecular flexibility index (Phi) is 7.44. The van der Waals surface area contributed by atoms with Gasteiger partial charge in [-0.05, 0) is 41.8 Å². The molecule has 0 radical (unpaired) electrons. The van der Waals surface area contributed by atoms with E-state index in [1.165, 1.54) is 9.69 Å². The summed E-state index contributed by atoms with van der Waals surface area (Å²) in [5.41, 5.74) is 1.78. The molecule has 2 aromatic carbocycles. The minimum atomic E-state index is -0.433. The van der Waals surface area contributed by atoms with E-state index in [-0.39, 0.29) is 23.2 Å². The summed E-state index contributed by atoms with van der Waals surface area (Å²) in [5, 5.41) is 18.8. The lowest BCUT2D eigenvalue weighted by Crippen LogP contribution is -2.62. The fourth-order valence-corrected chi connectivity index (χ4v) is 4.82. The highest BCUT2D eigenvalue weighted by molar-refractivity contribution is 9.10. The number of hydrogen-bond donors (Lipinski definition) is 0. The fourth-order valence-electron chi connectivity index (χ4n) is 3.60. The van der Waals surface area contributed by atoms with Gasteiger partial charge in [-0.2, -0.15) is 0 Å². The second-order valence-electron chi connectivity index (χ2n) is 7.78. The molecule has 0 N–H and O–H groups in total. The molecular formula is C24H21BrN6O4S. The summed E-state index contributed by atoms with van der Waals surface area (Å²) >= 11 is 4.58. The largest absolute Gasteiger partial charge is 0.861 e. The Labute approximate surface area is 219 Å². The normalized spacial score (nSPS) is 17.7. The Morgan fingerprint density at radius 3 is 2.78 bits per heavy atom. The number of thioether (sulfide) groups is 1. The summed E-state index contributed by atoms with van der Waals surface area (Å²) in [5.74, 6) is -0.628. The lowest BCUT2D eigenvalue weighted by molar-refractivity contribution is -0.759. The molecule has 184 valence electrons. The van der Waals surface area contributed by atoms with Crippen LogP contribution >= 0.6 is 27.7 Å². The number of aliphatic imine (C=N–C) groups is 2. The topological polar surface area (TPSA) is 110 Å². The van der Waals surface area contributed by atoms with Crippen LogP contribution in [0.25, 0.3) is 6.08 Å². The second-order valence-corrected chi connectivity index (χ2v) is 9.63. The number of halogens is 1. The van der Waals surface area contributed by atoms with E-state index in [0.717, 1.165) is 21.8 Å². The molecule has 3 heterocycles. The zero-order valence-electron chi connectivity index (χ0n) is 19.0. The first-order chi connectivity index (χ1) is 17.6. The quantitative estimate of drug-likeness (QED) is 0.194. The van der Waals surface area contributed by atoms with Crippen molar-refractivity contribution in [1.82, 2.24) is 5.27 Å². The maximum absolute atomic E-state index is 13.3. The molecule has 3 aromatic rings. The van der Waals surface area contributed by atoms with Crippen molar-refractivity contribution in [2.75, 3.05) is 42.0 Å². The fraction of sp³-hybridized carbons (Fsp3) is 0.208. The van der Waals surface area contributed by atoms with Crippen molar-refractivity contribution in [2.24, 2.45) is 9.98 Å². The van der Waals surface area contributed by atoms with Gasteiger partial charge < -0.3 is 9.84 Å². The third-order valence-electron chi connectivity index (χ3n) is 5.28. The number of para-hydroxylation sites is 1. The molecule has 1 fully saturated rings. The maximum Gasteiger partial charge on any atom is 0.324 e. The molecule has 2 aliphatic heterocycles. The highest BCUT2D eigenvalue weighted by Crippen LogP contribution is 2.29.